The van der Waals surface area contributed by atoms with Crippen molar-refractivity contribution < 1.29 is 17.9 Å². The van der Waals surface area contributed by atoms with Crippen LogP contribution in [0, 0.1) is 17.7 Å². The lowest BCUT2D eigenvalue weighted by atomic mass is 10.2. The zero-order valence-corrected chi connectivity index (χ0v) is 12.3. The minimum absolute atomic E-state index is 0.0965. The first-order valence-electron chi connectivity index (χ1n) is 5.93. The Kier molecular flexibility index (Phi) is 5.51. The van der Waals surface area contributed by atoms with Crippen molar-refractivity contribution in [3.63, 3.8) is 0 Å². The van der Waals surface area contributed by atoms with Crippen LogP contribution in [-0.2, 0) is 10.2 Å². The summed E-state index contributed by atoms with van der Waals surface area (Å²) in [6.07, 6.45) is 0. The number of benzene rings is 1. The number of nitrogens with zero attached hydrogens (tertiary/aromatic N) is 1. The molecule has 0 aliphatic carbocycles. The molecule has 1 aromatic carbocycles. The Bertz CT molecular complexity index is 633. The van der Waals surface area contributed by atoms with Crippen molar-refractivity contribution in [1.29, 1.82) is 0 Å². The van der Waals surface area contributed by atoms with Crippen molar-refractivity contribution in [2.75, 3.05) is 18.4 Å². The van der Waals surface area contributed by atoms with Crippen LogP contribution in [-0.4, -0.2) is 37.5 Å². The molecule has 0 aliphatic rings. The molecule has 0 radical (unpaired) electrons. The zero-order valence-electron chi connectivity index (χ0n) is 11.5. The normalized spacial score (nSPS) is 11.3. The fourth-order valence-electron chi connectivity index (χ4n) is 1.31. The predicted molar refractivity (Wildman–Crippen MR) is 75.8 cm³/mol. The van der Waals surface area contributed by atoms with Gasteiger partial charge in [0.15, 0.2) is 0 Å². The number of aliphatic hydroxyl groups excluding tert-OH is 1. The van der Waals surface area contributed by atoms with Crippen LogP contribution in [0.25, 0.3) is 0 Å². The first-order valence-corrected chi connectivity index (χ1v) is 7.37. The van der Waals surface area contributed by atoms with E-state index in [9.17, 15) is 12.8 Å². The quantitative estimate of drug-likeness (QED) is 0.820. The molecule has 0 amide bonds. The Morgan fingerprint density at radius 2 is 2.10 bits per heavy atom. The molecule has 0 unspecified atom stereocenters. The van der Waals surface area contributed by atoms with Gasteiger partial charge < -0.3 is 5.11 Å². The van der Waals surface area contributed by atoms with E-state index in [2.05, 4.69) is 16.6 Å². The summed E-state index contributed by atoms with van der Waals surface area (Å²) in [5.41, 5.74) is 0.212. The van der Waals surface area contributed by atoms with Crippen LogP contribution in [0.2, 0.25) is 0 Å². The van der Waals surface area contributed by atoms with E-state index in [4.69, 9.17) is 5.11 Å². The molecule has 110 valence electrons. The molecule has 0 saturated heterocycles. The molecule has 7 heteroatoms. The van der Waals surface area contributed by atoms with E-state index >= 15 is 0 Å². The van der Waals surface area contributed by atoms with Gasteiger partial charge in [0.25, 0.3) is 0 Å². The Morgan fingerprint density at radius 3 is 2.60 bits per heavy atom. The van der Waals surface area contributed by atoms with Crippen molar-refractivity contribution in [3.8, 4) is 11.8 Å². The minimum atomic E-state index is -3.72. The minimum Gasteiger partial charge on any atom is -0.384 e. The van der Waals surface area contributed by atoms with Gasteiger partial charge in [-0.1, -0.05) is 11.8 Å². The number of hydrogen-bond acceptors (Lipinski definition) is 3. The summed E-state index contributed by atoms with van der Waals surface area (Å²) in [4.78, 5) is 0. The van der Waals surface area contributed by atoms with Crippen molar-refractivity contribution in [3.05, 3.63) is 29.6 Å². The molecule has 0 bridgehead atoms. The molecule has 5 nitrogen and oxygen atoms in total. The molecule has 0 heterocycles. The van der Waals surface area contributed by atoms with E-state index < -0.39 is 16.0 Å². The monoisotopic (exact) mass is 300 g/mol. The van der Waals surface area contributed by atoms with Crippen LogP contribution in [0.15, 0.2) is 18.2 Å². The molecule has 0 saturated carbocycles. The first-order chi connectivity index (χ1) is 9.27. The first kappa shape index (κ1) is 16.4. The highest BCUT2D eigenvalue weighted by Crippen LogP contribution is 2.16. The largest absolute Gasteiger partial charge is 0.384 e. The molecule has 1 aromatic rings. The predicted octanol–water partition coefficient (Wildman–Crippen LogP) is 1.17. The topological polar surface area (TPSA) is 69.6 Å². The molecule has 0 aromatic heterocycles. The van der Waals surface area contributed by atoms with Gasteiger partial charge in [-0.25, -0.2) is 4.39 Å². The van der Waals surface area contributed by atoms with E-state index in [0.29, 0.717) is 0 Å². The smallest absolute Gasteiger partial charge is 0.301 e. The molecule has 0 aliphatic heterocycles. The fourth-order valence-corrected chi connectivity index (χ4v) is 2.44. The summed E-state index contributed by atoms with van der Waals surface area (Å²) in [5.74, 6) is 4.10. The van der Waals surface area contributed by atoms with Crippen LogP contribution >= 0.6 is 0 Å². The summed E-state index contributed by atoms with van der Waals surface area (Å²) < 4.78 is 41.0. The maximum Gasteiger partial charge on any atom is 0.301 e. The third-order valence-corrected chi connectivity index (χ3v) is 4.30. The Labute approximate surface area is 118 Å². The van der Waals surface area contributed by atoms with Gasteiger partial charge in [-0.3, -0.25) is 4.72 Å². The lowest BCUT2D eigenvalue weighted by molar-refractivity contribution is 0.350. The van der Waals surface area contributed by atoms with Gasteiger partial charge >= 0.3 is 10.2 Å². The maximum absolute atomic E-state index is 13.7. The fraction of sp³-hybridized carbons (Fsp3) is 0.385. The van der Waals surface area contributed by atoms with Crippen molar-refractivity contribution in [2.24, 2.45) is 0 Å². The maximum atomic E-state index is 13.7. The SMILES string of the molecule is CC(C)N(C)S(=O)(=O)Nc1ccc(C#CCO)c(F)c1. The second-order valence-corrected chi connectivity index (χ2v) is 6.10. The van der Waals surface area contributed by atoms with E-state index in [0.717, 1.165) is 10.4 Å². The average Bonchev–Trinajstić information content (AvgIpc) is 2.36. The number of nitrogens with one attached hydrogen (secondary N) is 1. The molecule has 0 fully saturated rings. The van der Waals surface area contributed by atoms with Gasteiger partial charge in [0.1, 0.15) is 12.4 Å². The molecular weight excluding hydrogens is 283 g/mol. The number of hydrogen-bond donors (Lipinski definition) is 2. The Morgan fingerprint density at radius 1 is 1.45 bits per heavy atom. The Hall–Kier alpha value is -1.62. The third kappa shape index (κ3) is 4.20. The van der Waals surface area contributed by atoms with Crippen LogP contribution in [0.1, 0.15) is 19.4 Å². The molecule has 1 rings (SSSR count). The van der Waals surface area contributed by atoms with Crippen molar-refractivity contribution >= 4 is 15.9 Å². The van der Waals surface area contributed by atoms with Gasteiger partial charge in [0.05, 0.1) is 11.3 Å². The molecular formula is C13H17FN2O3S. The summed E-state index contributed by atoms with van der Waals surface area (Å²) in [7, 11) is -2.28. The van der Waals surface area contributed by atoms with Crippen LogP contribution in [0.3, 0.4) is 0 Å². The van der Waals surface area contributed by atoms with E-state index in [-0.39, 0.29) is 23.9 Å². The van der Waals surface area contributed by atoms with E-state index in [1.165, 1.54) is 19.2 Å². The molecule has 20 heavy (non-hydrogen) atoms. The van der Waals surface area contributed by atoms with Gasteiger partial charge in [0.2, 0.25) is 0 Å². The van der Waals surface area contributed by atoms with Gasteiger partial charge in [-0.2, -0.15) is 12.7 Å². The molecule has 0 spiro atoms. The highest BCUT2D eigenvalue weighted by Gasteiger charge is 2.20. The highest BCUT2D eigenvalue weighted by atomic mass is 32.2. The lowest BCUT2D eigenvalue weighted by Gasteiger charge is -2.21. The van der Waals surface area contributed by atoms with Gasteiger partial charge in [-0.15, -0.1) is 0 Å². The standard InChI is InChI=1S/C13H17FN2O3S/c1-10(2)16(3)20(18,19)15-12-7-6-11(5-4-8-17)13(14)9-12/h6-7,9-10,15,17H,8H2,1-3H3. The summed E-state index contributed by atoms with van der Waals surface area (Å²) >= 11 is 0. The lowest BCUT2D eigenvalue weighted by Crippen LogP contribution is -2.37. The van der Waals surface area contributed by atoms with Gasteiger partial charge in [-0.05, 0) is 32.0 Å². The summed E-state index contributed by atoms with van der Waals surface area (Å²) in [6, 6.07) is 3.60. The number of halogens is 1. The van der Waals surface area contributed by atoms with Crippen LogP contribution in [0.5, 0.6) is 0 Å². The second kappa shape index (κ2) is 6.70. The van der Waals surface area contributed by atoms with Crippen LogP contribution < -0.4 is 4.72 Å². The number of anilines is 1. The summed E-state index contributed by atoms with van der Waals surface area (Å²) in [5, 5.41) is 8.55. The van der Waals surface area contributed by atoms with E-state index in [1.54, 1.807) is 13.8 Å². The molecule has 2 N–H and O–H groups in total. The third-order valence-electron chi connectivity index (χ3n) is 2.62. The van der Waals surface area contributed by atoms with E-state index in [1.807, 2.05) is 0 Å². The zero-order chi connectivity index (χ0) is 15.3. The number of rotatable bonds is 4. The molecule has 0 atom stereocenters. The summed E-state index contributed by atoms with van der Waals surface area (Å²) in [6.45, 7) is 3.09. The van der Waals surface area contributed by atoms with Gasteiger partial charge in [0, 0.05) is 13.1 Å². The highest BCUT2D eigenvalue weighted by molar-refractivity contribution is 7.90. The van der Waals surface area contributed by atoms with Crippen LogP contribution in [0.4, 0.5) is 10.1 Å². The van der Waals surface area contributed by atoms with Crippen molar-refractivity contribution in [2.45, 2.75) is 19.9 Å². The average molecular weight is 300 g/mol. The number of aliphatic hydroxyl groups is 1. The van der Waals surface area contributed by atoms with Crippen molar-refractivity contribution in [1.82, 2.24) is 4.31 Å². The second-order valence-electron chi connectivity index (χ2n) is 4.37. The Balaban J connectivity index is 2.98.